The number of hydrogen-bond donors (Lipinski definition) is 1. The quantitative estimate of drug-likeness (QED) is 0.523. The second-order valence-corrected chi connectivity index (χ2v) is 6.03. The Balaban J connectivity index is 1.53. The number of imide groups is 1. The SMILES string of the molecule is NC(=O)OCC(OCCN1C(=O)c2ccccc2C1=O)OCc1ccccc1. The van der Waals surface area contributed by atoms with Crippen LogP contribution in [-0.2, 0) is 20.8 Å². The van der Waals surface area contributed by atoms with E-state index < -0.39 is 12.4 Å². The molecule has 0 aromatic heterocycles. The van der Waals surface area contributed by atoms with E-state index in [1.54, 1.807) is 24.3 Å². The number of hydrogen-bond acceptors (Lipinski definition) is 6. The summed E-state index contributed by atoms with van der Waals surface area (Å²) in [5.41, 5.74) is 6.66. The topological polar surface area (TPSA) is 108 Å². The highest BCUT2D eigenvalue weighted by atomic mass is 16.7. The third kappa shape index (κ3) is 4.73. The first kappa shape index (κ1) is 19.5. The molecule has 2 aromatic carbocycles. The molecular weight excluding hydrogens is 364 g/mol. The predicted octanol–water partition coefficient (Wildman–Crippen LogP) is 1.94. The van der Waals surface area contributed by atoms with E-state index in [1.807, 2.05) is 30.3 Å². The number of carbonyl (C=O) groups excluding carboxylic acids is 3. The van der Waals surface area contributed by atoms with Crippen LogP contribution in [0.25, 0.3) is 0 Å². The van der Waals surface area contributed by atoms with Gasteiger partial charge in [-0.25, -0.2) is 4.79 Å². The Bertz CT molecular complexity index is 820. The molecule has 0 aliphatic carbocycles. The van der Waals surface area contributed by atoms with Crippen molar-refractivity contribution in [3.8, 4) is 0 Å². The summed E-state index contributed by atoms with van der Waals surface area (Å²) in [5, 5.41) is 0. The molecule has 3 rings (SSSR count). The first-order chi connectivity index (χ1) is 13.6. The van der Waals surface area contributed by atoms with Crippen molar-refractivity contribution in [2.45, 2.75) is 12.9 Å². The summed E-state index contributed by atoms with van der Waals surface area (Å²) in [7, 11) is 0. The molecule has 28 heavy (non-hydrogen) atoms. The van der Waals surface area contributed by atoms with Crippen LogP contribution in [0, 0.1) is 0 Å². The lowest BCUT2D eigenvalue weighted by atomic mass is 10.1. The van der Waals surface area contributed by atoms with Crippen LogP contribution in [0.5, 0.6) is 0 Å². The van der Waals surface area contributed by atoms with Crippen molar-refractivity contribution in [1.82, 2.24) is 4.90 Å². The van der Waals surface area contributed by atoms with Gasteiger partial charge in [0.05, 0.1) is 30.9 Å². The Morgan fingerprint density at radius 1 is 0.929 bits per heavy atom. The van der Waals surface area contributed by atoms with Gasteiger partial charge in [-0.1, -0.05) is 42.5 Å². The van der Waals surface area contributed by atoms with Gasteiger partial charge in [0.25, 0.3) is 11.8 Å². The zero-order valence-electron chi connectivity index (χ0n) is 15.1. The number of primary amides is 1. The number of benzene rings is 2. The highest BCUT2D eigenvalue weighted by Gasteiger charge is 2.34. The fraction of sp³-hybridized carbons (Fsp3) is 0.250. The molecule has 1 aliphatic heterocycles. The van der Waals surface area contributed by atoms with E-state index in [2.05, 4.69) is 0 Å². The molecule has 0 bridgehead atoms. The number of fused-ring (bicyclic) bond motifs is 1. The Morgan fingerprint density at radius 2 is 1.54 bits per heavy atom. The molecule has 8 nitrogen and oxygen atoms in total. The van der Waals surface area contributed by atoms with Gasteiger partial charge in [-0.3, -0.25) is 14.5 Å². The average molecular weight is 384 g/mol. The molecular formula is C20H20N2O6. The number of rotatable bonds is 9. The third-order valence-corrected chi connectivity index (χ3v) is 4.14. The maximum atomic E-state index is 12.3. The molecule has 0 saturated heterocycles. The van der Waals surface area contributed by atoms with Crippen molar-refractivity contribution < 1.29 is 28.6 Å². The number of carbonyl (C=O) groups is 3. The van der Waals surface area contributed by atoms with E-state index in [1.165, 1.54) is 0 Å². The lowest BCUT2D eigenvalue weighted by molar-refractivity contribution is -0.169. The number of nitrogens with zero attached hydrogens (tertiary/aromatic N) is 1. The van der Waals surface area contributed by atoms with Crippen molar-refractivity contribution in [1.29, 1.82) is 0 Å². The minimum atomic E-state index is -0.947. The van der Waals surface area contributed by atoms with Crippen molar-refractivity contribution in [2.24, 2.45) is 5.73 Å². The smallest absolute Gasteiger partial charge is 0.404 e. The molecule has 0 radical (unpaired) electrons. The van der Waals surface area contributed by atoms with Crippen LogP contribution < -0.4 is 5.73 Å². The first-order valence-corrected chi connectivity index (χ1v) is 8.71. The van der Waals surface area contributed by atoms with Gasteiger partial charge in [-0.2, -0.15) is 0 Å². The molecule has 146 valence electrons. The zero-order chi connectivity index (χ0) is 19.9. The van der Waals surface area contributed by atoms with E-state index in [9.17, 15) is 14.4 Å². The van der Waals surface area contributed by atoms with Crippen LogP contribution >= 0.6 is 0 Å². The van der Waals surface area contributed by atoms with Crippen LogP contribution in [0.3, 0.4) is 0 Å². The van der Waals surface area contributed by atoms with Crippen molar-refractivity contribution in [2.75, 3.05) is 19.8 Å². The summed E-state index contributed by atoms with van der Waals surface area (Å²) in [5.74, 6) is -0.723. The standard InChI is InChI=1S/C20H20N2O6/c21-20(25)28-13-17(27-12-14-6-2-1-3-7-14)26-11-10-22-18(23)15-8-4-5-9-16(15)19(22)24/h1-9,17H,10-13H2,(H2,21,25). The Labute approximate surface area is 161 Å². The Hall–Kier alpha value is -3.23. The highest BCUT2D eigenvalue weighted by Crippen LogP contribution is 2.22. The van der Waals surface area contributed by atoms with Gasteiger partial charge < -0.3 is 19.9 Å². The van der Waals surface area contributed by atoms with E-state index in [-0.39, 0.29) is 38.2 Å². The minimum Gasteiger partial charge on any atom is -0.444 e. The van der Waals surface area contributed by atoms with Crippen molar-refractivity contribution in [3.05, 3.63) is 71.3 Å². The third-order valence-electron chi connectivity index (χ3n) is 4.14. The Kier molecular flexibility index (Phi) is 6.36. The lowest BCUT2D eigenvalue weighted by Crippen LogP contribution is -2.35. The summed E-state index contributed by atoms with van der Waals surface area (Å²) in [6, 6.07) is 16.0. The fourth-order valence-electron chi connectivity index (χ4n) is 2.78. The predicted molar refractivity (Wildman–Crippen MR) is 98.3 cm³/mol. The van der Waals surface area contributed by atoms with Gasteiger partial charge in [0.1, 0.15) is 6.61 Å². The van der Waals surface area contributed by atoms with Crippen molar-refractivity contribution >= 4 is 17.9 Å². The molecule has 1 unspecified atom stereocenters. The maximum absolute atomic E-state index is 12.3. The molecule has 8 heteroatoms. The van der Waals surface area contributed by atoms with Gasteiger partial charge in [0.2, 0.25) is 0 Å². The molecule has 2 N–H and O–H groups in total. The second kappa shape index (κ2) is 9.12. The van der Waals surface area contributed by atoms with Crippen LogP contribution in [0.4, 0.5) is 4.79 Å². The van der Waals surface area contributed by atoms with E-state index in [0.29, 0.717) is 11.1 Å². The van der Waals surface area contributed by atoms with Gasteiger partial charge in [0, 0.05) is 0 Å². The van der Waals surface area contributed by atoms with E-state index >= 15 is 0 Å². The molecule has 2 aromatic rings. The summed E-state index contributed by atoms with van der Waals surface area (Å²) in [6.45, 7) is 0.103. The molecule has 1 atom stereocenters. The van der Waals surface area contributed by atoms with E-state index in [4.69, 9.17) is 19.9 Å². The molecule has 0 fully saturated rings. The van der Waals surface area contributed by atoms with Crippen LogP contribution in [0.2, 0.25) is 0 Å². The lowest BCUT2D eigenvalue weighted by Gasteiger charge is -2.20. The summed E-state index contributed by atoms with van der Waals surface area (Å²) >= 11 is 0. The summed E-state index contributed by atoms with van der Waals surface area (Å²) in [6.07, 6.45) is -1.83. The summed E-state index contributed by atoms with van der Waals surface area (Å²) < 4.78 is 15.9. The van der Waals surface area contributed by atoms with Gasteiger partial charge >= 0.3 is 6.09 Å². The fourth-order valence-corrected chi connectivity index (χ4v) is 2.78. The number of nitrogens with two attached hydrogens (primary N) is 1. The van der Waals surface area contributed by atoms with Gasteiger partial charge in [0.15, 0.2) is 6.29 Å². The van der Waals surface area contributed by atoms with Gasteiger partial charge in [-0.15, -0.1) is 0 Å². The molecule has 3 amide bonds. The van der Waals surface area contributed by atoms with E-state index in [0.717, 1.165) is 10.5 Å². The summed E-state index contributed by atoms with van der Waals surface area (Å²) in [4.78, 5) is 36.7. The zero-order valence-corrected chi connectivity index (χ0v) is 15.1. The first-order valence-electron chi connectivity index (χ1n) is 8.71. The van der Waals surface area contributed by atoms with Crippen LogP contribution in [-0.4, -0.2) is 48.9 Å². The number of ether oxygens (including phenoxy) is 3. The largest absolute Gasteiger partial charge is 0.444 e. The maximum Gasteiger partial charge on any atom is 0.404 e. The Morgan fingerprint density at radius 3 is 2.14 bits per heavy atom. The van der Waals surface area contributed by atoms with Crippen LogP contribution in [0.1, 0.15) is 26.3 Å². The normalized spacial score (nSPS) is 14.1. The highest BCUT2D eigenvalue weighted by molar-refractivity contribution is 6.21. The van der Waals surface area contributed by atoms with Crippen LogP contribution in [0.15, 0.2) is 54.6 Å². The average Bonchev–Trinajstić information content (AvgIpc) is 2.95. The van der Waals surface area contributed by atoms with Gasteiger partial charge in [-0.05, 0) is 17.7 Å². The monoisotopic (exact) mass is 384 g/mol. The molecule has 1 heterocycles. The number of amides is 3. The second-order valence-electron chi connectivity index (χ2n) is 6.03. The van der Waals surface area contributed by atoms with Crippen molar-refractivity contribution in [3.63, 3.8) is 0 Å². The minimum absolute atomic E-state index is 0.0209. The molecule has 1 aliphatic rings. The molecule has 0 spiro atoms. The molecule has 0 saturated carbocycles.